The summed E-state index contributed by atoms with van der Waals surface area (Å²) in [5, 5.41) is 0. The lowest BCUT2D eigenvalue weighted by atomic mass is 9.69. The van der Waals surface area contributed by atoms with Crippen LogP contribution in [0, 0.1) is 23.6 Å². The minimum absolute atomic E-state index is 0.415. The van der Waals surface area contributed by atoms with E-state index in [9.17, 15) is 17.6 Å². The van der Waals surface area contributed by atoms with E-state index in [1.807, 2.05) is 0 Å². The van der Waals surface area contributed by atoms with Crippen molar-refractivity contribution in [1.29, 1.82) is 0 Å². The molecule has 0 aromatic heterocycles. The Bertz CT molecular complexity index is 588. The molecule has 0 saturated heterocycles. The van der Waals surface area contributed by atoms with Crippen LogP contribution < -0.4 is 4.74 Å². The van der Waals surface area contributed by atoms with Crippen molar-refractivity contribution in [2.75, 3.05) is 0 Å². The van der Waals surface area contributed by atoms with Gasteiger partial charge in [0, 0.05) is 0 Å². The highest BCUT2D eigenvalue weighted by atomic mass is 19.4. The van der Waals surface area contributed by atoms with Gasteiger partial charge >= 0.3 is 6.36 Å². The van der Waals surface area contributed by atoms with Crippen LogP contribution in [0.15, 0.2) is 12.1 Å². The molecule has 0 spiro atoms. The molecule has 2 aliphatic carbocycles. The van der Waals surface area contributed by atoms with Crippen LogP contribution in [0.5, 0.6) is 5.75 Å². The first-order valence-corrected chi connectivity index (χ1v) is 9.43. The second-order valence-electron chi connectivity index (χ2n) is 7.64. The van der Waals surface area contributed by atoms with Crippen LogP contribution in [0.2, 0.25) is 0 Å². The van der Waals surface area contributed by atoms with Gasteiger partial charge in [0.1, 0.15) is 0 Å². The zero-order valence-corrected chi connectivity index (χ0v) is 14.7. The monoisotopic (exact) mass is 358 g/mol. The number of ether oxygens (including phenoxy) is 1. The molecule has 0 bridgehead atoms. The maximum atomic E-state index is 14.4. The Morgan fingerprint density at radius 3 is 2.40 bits per heavy atom. The van der Waals surface area contributed by atoms with Crippen molar-refractivity contribution in [2.45, 2.75) is 71.1 Å². The number of halogens is 4. The number of alkyl halides is 3. The van der Waals surface area contributed by atoms with Gasteiger partial charge < -0.3 is 4.74 Å². The smallest absolute Gasteiger partial charge is 0.403 e. The van der Waals surface area contributed by atoms with Gasteiger partial charge in [-0.05, 0) is 67.1 Å². The minimum atomic E-state index is -4.86. The topological polar surface area (TPSA) is 9.23 Å². The standard InChI is InChI=1S/C20H26F4O/c1-2-3-13-4-6-14(7-5-13)15-8-10-17-16(12-15)9-11-18(19(17)21)25-20(22,23)24/h9,11,13-15H,2-8,10,12H2,1H3. The Morgan fingerprint density at radius 2 is 1.76 bits per heavy atom. The summed E-state index contributed by atoms with van der Waals surface area (Å²) in [5.74, 6) is 0.528. The molecule has 1 unspecified atom stereocenters. The molecule has 0 amide bonds. The Kier molecular flexibility index (Phi) is 5.59. The Balaban J connectivity index is 1.65. The summed E-state index contributed by atoms with van der Waals surface area (Å²) in [5.41, 5.74) is 1.27. The van der Waals surface area contributed by atoms with Gasteiger partial charge in [-0.1, -0.05) is 38.7 Å². The molecule has 1 saturated carbocycles. The molecule has 140 valence electrons. The fourth-order valence-corrected chi connectivity index (χ4v) is 4.78. The molecular formula is C20H26F4O. The third-order valence-electron chi connectivity index (χ3n) is 6.03. The molecule has 1 nitrogen and oxygen atoms in total. The molecule has 1 aromatic rings. The van der Waals surface area contributed by atoms with E-state index in [2.05, 4.69) is 11.7 Å². The van der Waals surface area contributed by atoms with E-state index in [1.54, 1.807) is 6.07 Å². The first kappa shape index (κ1) is 18.5. The summed E-state index contributed by atoms with van der Waals surface area (Å²) in [6.45, 7) is 2.23. The third-order valence-corrected chi connectivity index (χ3v) is 6.03. The van der Waals surface area contributed by atoms with Crippen LogP contribution in [0.4, 0.5) is 17.6 Å². The van der Waals surface area contributed by atoms with Crippen molar-refractivity contribution in [3.8, 4) is 5.75 Å². The number of hydrogen-bond acceptors (Lipinski definition) is 1. The van der Waals surface area contributed by atoms with Gasteiger partial charge in [-0.2, -0.15) is 0 Å². The van der Waals surface area contributed by atoms with E-state index in [0.717, 1.165) is 30.4 Å². The molecular weight excluding hydrogens is 332 g/mol. The lowest BCUT2D eigenvalue weighted by Crippen LogP contribution is -2.27. The normalized spacial score (nSPS) is 27.0. The fraction of sp³-hybridized carbons (Fsp3) is 0.700. The van der Waals surface area contributed by atoms with Crippen molar-refractivity contribution in [3.05, 3.63) is 29.1 Å². The zero-order valence-electron chi connectivity index (χ0n) is 14.7. The Labute approximate surface area is 146 Å². The fourth-order valence-electron chi connectivity index (χ4n) is 4.78. The maximum absolute atomic E-state index is 14.4. The molecule has 0 aliphatic heterocycles. The van der Waals surface area contributed by atoms with E-state index in [4.69, 9.17) is 0 Å². The van der Waals surface area contributed by atoms with Crippen molar-refractivity contribution >= 4 is 0 Å². The second-order valence-corrected chi connectivity index (χ2v) is 7.64. The van der Waals surface area contributed by atoms with Gasteiger partial charge in [-0.15, -0.1) is 13.2 Å². The molecule has 0 heterocycles. The summed E-state index contributed by atoms with van der Waals surface area (Å²) in [4.78, 5) is 0. The van der Waals surface area contributed by atoms with Gasteiger partial charge in [0.2, 0.25) is 0 Å². The van der Waals surface area contributed by atoms with Crippen molar-refractivity contribution in [2.24, 2.45) is 17.8 Å². The highest BCUT2D eigenvalue weighted by Crippen LogP contribution is 2.42. The van der Waals surface area contributed by atoms with Gasteiger partial charge in [-0.3, -0.25) is 0 Å². The summed E-state index contributed by atoms with van der Waals surface area (Å²) >= 11 is 0. The second kappa shape index (κ2) is 7.55. The minimum Gasteiger partial charge on any atom is -0.403 e. The molecule has 2 aliphatic rings. The van der Waals surface area contributed by atoms with Gasteiger partial charge in [0.25, 0.3) is 0 Å². The average molecular weight is 358 g/mol. The predicted octanol–water partition coefficient (Wildman–Crippen LogP) is 6.44. The maximum Gasteiger partial charge on any atom is 0.573 e. The first-order chi connectivity index (χ1) is 11.9. The van der Waals surface area contributed by atoms with E-state index in [1.165, 1.54) is 38.5 Å². The van der Waals surface area contributed by atoms with Crippen LogP contribution >= 0.6 is 0 Å². The highest BCUT2D eigenvalue weighted by molar-refractivity contribution is 5.39. The van der Waals surface area contributed by atoms with Crippen LogP contribution in [0.3, 0.4) is 0 Å². The lowest BCUT2D eigenvalue weighted by molar-refractivity contribution is -0.275. The summed E-state index contributed by atoms with van der Waals surface area (Å²) < 4.78 is 55.2. The van der Waals surface area contributed by atoms with E-state index >= 15 is 0 Å². The van der Waals surface area contributed by atoms with Gasteiger partial charge in [-0.25, -0.2) is 4.39 Å². The Morgan fingerprint density at radius 1 is 1.04 bits per heavy atom. The van der Waals surface area contributed by atoms with E-state index in [-0.39, 0.29) is 0 Å². The lowest BCUT2D eigenvalue weighted by Gasteiger charge is -2.36. The van der Waals surface area contributed by atoms with Gasteiger partial charge in [0.15, 0.2) is 11.6 Å². The van der Waals surface area contributed by atoms with Crippen LogP contribution in [0.1, 0.15) is 63.0 Å². The molecule has 25 heavy (non-hydrogen) atoms. The van der Waals surface area contributed by atoms with Crippen molar-refractivity contribution < 1.29 is 22.3 Å². The zero-order chi connectivity index (χ0) is 18.0. The first-order valence-electron chi connectivity index (χ1n) is 9.43. The molecule has 0 N–H and O–H groups in total. The molecule has 3 rings (SSSR count). The van der Waals surface area contributed by atoms with Gasteiger partial charge in [0.05, 0.1) is 0 Å². The predicted molar refractivity (Wildman–Crippen MR) is 89.0 cm³/mol. The average Bonchev–Trinajstić information content (AvgIpc) is 2.57. The summed E-state index contributed by atoms with van der Waals surface area (Å²) in [6, 6.07) is 2.75. The highest BCUT2D eigenvalue weighted by Gasteiger charge is 2.35. The largest absolute Gasteiger partial charge is 0.573 e. The third kappa shape index (κ3) is 4.48. The number of hydrogen-bond donors (Lipinski definition) is 0. The molecule has 5 heteroatoms. The SMILES string of the molecule is CCCC1CCC(C2CCc3c(ccc(OC(F)(F)F)c3F)C2)CC1. The molecule has 1 aromatic carbocycles. The molecule has 0 radical (unpaired) electrons. The quantitative estimate of drug-likeness (QED) is 0.563. The molecule has 1 atom stereocenters. The number of rotatable bonds is 4. The van der Waals surface area contributed by atoms with Crippen molar-refractivity contribution in [1.82, 2.24) is 0 Å². The Hall–Kier alpha value is -1.26. The van der Waals surface area contributed by atoms with E-state index in [0.29, 0.717) is 23.8 Å². The van der Waals surface area contributed by atoms with Crippen LogP contribution in [-0.4, -0.2) is 6.36 Å². The van der Waals surface area contributed by atoms with Crippen LogP contribution in [0.25, 0.3) is 0 Å². The van der Waals surface area contributed by atoms with Crippen LogP contribution in [-0.2, 0) is 12.8 Å². The number of benzene rings is 1. The van der Waals surface area contributed by atoms with Crippen molar-refractivity contribution in [3.63, 3.8) is 0 Å². The molecule has 1 fully saturated rings. The number of fused-ring (bicyclic) bond motifs is 1. The van der Waals surface area contributed by atoms with E-state index < -0.39 is 17.9 Å². The summed E-state index contributed by atoms with van der Waals surface area (Å²) in [7, 11) is 0. The summed E-state index contributed by atoms with van der Waals surface area (Å²) in [6.07, 6.45) is 4.90.